The number of amides is 2. The number of anilines is 1. The third-order valence-corrected chi connectivity index (χ3v) is 8.62. The zero-order valence-electron chi connectivity index (χ0n) is 25.7. The van der Waals surface area contributed by atoms with Gasteiger partial charge in [0.1, 0.15) is 22.6 Å². The van der Waals surface area contributed by atoms with E-state index >= 15 is 0 Å². The van der Waals surface area contributed by atoms with E-state index in [0.29, 0.717) is 60.8 Å². The summed E-state index contributed by atoms with van der Waals surface area (Å²) in [6, 6.07) is 15.4. The van der Waals surface area contributed by atoms with Gasteiger partial charge in [-0.05, 0) is 67.6 Å². The third-order valence-electron chi connectivity index (χ3n) is 8.62. The zero-order valence-corrected chi connectivity index (χ0v) is 25.7. The Labute approximate surface area is 268 Å². The summed E-state index contributed by atoms with van der Waals surface area (Å²) in [6.07, 6.45) is -1.93. The molecule has 2 amide bonds. The summed E-state index contributed by atoms with van der Waals surface area (Å²) in [5.41, 5.74) is 1.78. The summed E-state index contributed by atoms with van der Waals surface area (Å²) in [7, 11) is 1.60. The number of alkyl halides is 3. The first kappa shape index (κ1) is 32.0. The Morgan fingerprint density at radius 1 is 0.957 bits per heavy atom. The van der Waals surface area contributed by atoms with Crippen molar-refractivity contribution in [3.63, 3.8) is 0 Å². The Hall–Kier alpha value is -5.01. The topological polar surface area (TPSA) is 122 Å². The van der Waals surface area contributed by atoms with Crippen molar-refractivity contribution in [1.29, 1.82) is 0 Å². The number of carbonyl (C=O) groups is 2. The van der Waals surface area contributed by atoms with Gasteiger partial charge >= 0.3 is 12.3 Å². The largest absolute Gasteiger partial charge is 0.497 e. The van der Waals surface area contributed by atoms with Crippen molar-refractivity contribution in [3.8, 4) is 17.2 Å². The number of halogens is 3. The molecule has 4 heterocycles. The molecule has 47 heavy (non-hydrogen) atoms. The molecule has 2 aromatic carbocycles. The number of fused-ring (bicyclic) bond motifs is 1. The van der Waals surface area contributed by atoms with Crippen LogP contribution in [0.3, 0.4) is 0 Å². The van der Waals surface area contributed by atoms with Crippen molar-refractivity contribution in [2.45, 2.75) is 44.4 Å². The molecule has 2 aliphatic heterocycles. The maximum absolute atomic E-state index is 13.3. The van der Waals surface area contributed by atoms with Gasteiger partial charge in [0.2, 0.25) is 0 Å². The van der Waals surface area contributed by atoms with E-state index in [0.717, 1.165) is 17.7 Å². The van der Waals surface area contributed by atoms with Gasteiger partial charge in [-0.3, -0.25) is 4.79 Å². The van der Waals surface area contributed by atoms with Crippen LogP contribution < -0.4 is 14.8 Å². The van der Waals surface area contributed by atoms with E-state index in [2.05, 4.69) is 10.3 Å². The number of pyridine rings is 1. The van der Waals surface area contributed by atoms with Gasteiger partial charge in [-0.15, -0.1) is 0 Å². The van der Waals surface area contributed by atoms with Crippen LogP contribution in [0.5, 0.6) is 17.2 Å². The maximum atomic E-state index is 13.3. The van der Waals surface area contributed by atoms with Crippen molar-refractivity contribution >= 4 is 28.9 Å². The van der Waals surface area contributed by atoms with Crippen molar-refractivity contribution < 1.29 is 37.3 Å². The highest BCUT2D eigenvalue weighted by atomic mass is 19.4. The molecule has 0 spiro atoms. The monoisotopic (exact) mass is 652 g/mol. The molecule has 0 aliphatic carbocycles. The van der Waals surface area contributed by atoms with Crippen LogP contribution in [-0.4, -0.2) is 87.2 Å². The third kappa shape index (κ3) is 7.21. The highest BCUT2D eigenvalue weighted by Crippen LogP contribution is 2.36. The molecule has 0 saturated carbocycles. The molecule has 248 valence electrons. The smallest absolute Gasteiger partial charge is 0.407 e. The number of methoxy groups -OCH3 is 1. The molecule has 2 saturated heterocycles. The Morgan fingerprint density at radius 2 is 1.66 bits per heavy atom. The second kappa shape index (κ2) is 13.4. The average Bonchev–Trinajstić information content (AvgIpc) is 3.42. The summed E-state index contributed by atoms with van der Waals surface area (Å²) in [5, 5.41) is 18.4. The van der Waals surface area contributed by atoms with Crippen LogP contribution in [0.2, 0.25) is 0 Å². The van der Waals surface area contributed by atoms with Crippen LogP contribution in [-0.2, 0) is 6.54 Å². The van der Waals surface area contributed by atoms with Crippen LogP contribution in [0.4, 0.5) is 23.8 Å². The standard InChI is InChI=1S/C33H35F3N6O5/c1-46-25-10-6-21(7-11-25)18-42-30-28(29(39-42)38-24-5-3-17-41(20-24)32(44)45)27(14-15-37-30)47-26-12-8-22(9-13-26)31(43)40-16-2-4-23(19-40)33(34,35)36/h6-15,23-24H,2-5,16-20H2,1H3,(H,38,39)(H,44,45)/t23?,24-/m1/s1. The van der Waals surface area contributed by atoms with Crippen LogP contribution in [0.1, 0.15) is 41.6 Å². The van der Waals surface area contributed by atoms with E-state index in [1.54, 1.807) is 48.3 Å². The van der Waals surface area contributed by atoms with Crippen LogP contribution >= 0.6 is 0 Å². The number of hydrogen-bond donors (Lipinski definition) is 2. The fourth-order valence-corrected chi connectivity index (χ4v) is 6.14. The molecular weight excluding hydrogens is 617 g/mol. The van der Waals surface area contributed by atoms with Crippen LogP contribution in [0.15, 0.2) is 60.8 Å². The molecular formula is C33H35F3N6O5. The number of nitrogens with zero attached hydrogens (tertiary/aromatic N) is 5. The second-order valence-electron chi connectivity index (χ2n) is 11.8. The number of piperidine rings is 2. The molecule has 2 aromatic heterocycles. The molecule has 2 fully saturated rings. The van der Waals surface area contributed by atoms with E-state index in [-0.39, 0.29) is 31.1 Å². The Bertz CT molecular complexity index is 1730. The number of carbonyl (C=O) groups excluding carboxylic acids is 1. The van der Waals surface area contributed by atoms with E-state index in [9.17, 15) is 27.9 Å². The lowest BCUT2D eigenvalue weighted by atomic mass is 9.97. The maximum Gasteiger partial charge on any atom is 0.407 e. The van der Waals surface area contributed by atoms with E-state index < -0.39 is 24.1 Å². The SMILES string of the molecule is COc1ccc(Cn2nc(N[C@@H]3CCCN(C(=O)O)C3)c3c(Oc4ccc(C(=O)N5CCCC(C(F)(F)F)C5)cc4)ccnc32)cc1. The minimum Gasteiger partial charge on any atom is -0.497 e. The molecule has 0 bridgehead atoms. The van der Waals surface area contributed by atoms with Gasteiger partial charge in [0, 0.05) is 50.0 Å². The quantitative estimate of drug-likeness (QED) is 0.229. The van der Waals surface area contributed by atoms with Crippen molar-refractivity contribution in [1.82, 2.24) is 24.6 Å². The van der Waals surface area contributed by atoms with Gasteiger partial charge in [0.05, 0.1) is 19.6 Å². The van der Waals surface area contributed by atoms with Crippen LogP contribution in [0.25, 0.3) is 11.0 Å². The summed E-state index contributed by atoms with van der Waals surface area (Å²) < 4.78 is 53.2. The number of hydrogen-bond acceptors (Lipinski definition) is 7. The average molecular weight is 653 g/mol. The lowest BCUT2D eigenvalue weighted by Crippen LogP contribution is -2.44. The second-order valence-corrected chi connectivity index (χ2v) is 11.8. The van der Waals surface area contributed by atoms with Gasteiger partial charge in [-0.2, -0.15) is 18.3 Å². The summed E-state index contributed by atoms with van der Waals surface area (Å²) >= 11 is 0. The van der Waals surface area contributed by atoms with E-state index in [1.165, 1.54) is 9.80 Å². The molecule has 4 aromatic rings. The number of rotatable bonds is 8. The number of carboxylic acid groups (broad SMARTS) is 1. The number of aromatic nitrogens is 3. The lowest BCUT2D eigenvalue weighted by molar-refractivity contribution is -0.184. The molecule has 1 unspecified atom stereocenters. The molecule has 2 atom stereocenters. The van der Waals surface area contributed by atoms with E-state index in [1.807, 2.05) is 24.3 Å². The first-order valence-electron chi connectivity index (χ1n) is 15.5. The van der Waals surface area contributed by atoms with Crippen LogP contribution in [0, 0.1) is 5.92 Å². The summed E-state index contributed by atoms with van der Waals surface area (Å²) in [4.78, 5) is 31.9. The minimum atomic E-state index is -4.34. The fraction of sp³-hybridized carbons (Fsp3) is 0.394. The first-order valence-corrected chi connectivity index (χ1v) is 15.5. The molecule has 0 radical (unpaired) electrons. The van der Waals surface area contributed by atoms with Gasteiger partial charge in [-0.25, -0.2) is 14.5 Å². The number of ether oxygens (including phenoxy) is 2. The minimum absolute atomic E-state index is 0.0204. The highest BCUT2D eigenvalue weighted by molar-refractivity contribution is 5.95. The fourth-order valence-electron chi connectivity index (χ4n) is 6.14. The van der Waals surface area contributed by atoms with Crippen molar-refractivity contribution in [2.24, 2.45) is 5.92 Å². The number of nitrogens with one attached hydrogen (secondary N) is 1. The molecule has 2 N–H and O–H groups in total. The predicted molar refractivity (Wildman–Crippen MR) is 167 cm³/mol. The number of benzene rings is 2. The van der Waals surface area contributed by atoms with Gasteiger partial charge < -0.3 is 29.7 Å². The van der Waals surface area contributed by atoms with Gasteiger partial charge in [0.15, 0.2) is 11.5 Å². The normalized spacial score (nSPS) is 18.6. The predicted octanol–water partition coefficient (Wildman–Crippen LogP) is 6.25. The summed E-state index contributed by atoms with van der Waals surface area (Å²) in [6.45, 7) is 1.09. The van der Waals surface area contributed by atoms with Crippen molar-refractivity contribution in [2.75, 3.05) is 38.6 Å². The molecule has 6 rings (SSSR count). The molecule has 14 heteroatoms. The molecule has 11 nitrogen and oxygen atoms in total. The van der Waals surface area contributed by atoms with E-state index in [4.69, 9.17) is 14.6 Å². The lowest BCUT2D eigenvalue weighted by Gasteiger charge is -2.33. The van der Waals surface area contributed by atoms with Gasteiger partial charge in [0.25, 0.3) is 5.91 Å². The zero-order chi connectivity index (χ0) is 33.1. The summed E-state index contributed by atoms with van der Waals surface area (Å²) in [5.74, 6) is 0.0868. The Balaban J connectivity index is 1.26. The van der Waals surface area contributed by atoms with Crippen molar-refractivity contribution in [3.05, 3.63) is 71.9 Å². The van der Waals surface area contributed by atoms with Gasteiger partial charge in [-0.1, -0.05) is 12.1 Å². The number of likely N-dealkylation sites (tertiary alicyclic amines) is 2. The molecule has 2 aliphatic rings. The first-order chi connectivity index (χ1) is 22.6. The Kier molecular flexibility index (Phi) is 9.10. The highest BCUT2D eigenvalue weighted by Gasteiger charge is 2.42. The Morgan fingerprint density at radius 3 is 2.36 bits per heavy atom.